The van der Waals surface area contributed by atoms with E-state index in [1.807, 2.05) is 6.20 Å². The molecule has 1 aromatic rings. The molecular formula is C9H13N3O2. The molecule has 1 aromatic heterocycles. The van der Waals surface area contributed by atoms with Gasteiger partial charge >= 0.3 is 0 Å². The Balaban J connectivity index is 2.04. The molecule has 5 heteroatoms. The molecule has 0 amide bonds. The van der Waals surface area contributed by atoms with Crippen LogP contribution in [0, 0.1) is 10.1 Å². The van der Waals surface area contributed by atoms with Crippen molar-refractivity contribution in [3.8, 4) is 0 Å². The molecule has 0 saturated carbocycles. The van der Waals surface area contributed by atoms with Crippen molar-refractivity contribution in [1.82, 2.24) is 9.55 Å². The van der Waals surface area contributed by atoms with Crippen molar-refractivity contribution in [3.63, 3.8) is 0 Å². The third-order valence-electron chi connectivity index (χ3n) is 2.51. The van der Waals surface area contributed by atoms with Crippen molar-refractivity contribution in [2.24, 2.45) is 0 Å². The fourth-order valence-electron chi connectivity index (χ4n) is 1.80. The Labute approximate surface area is 81.9 Å². The average molecular weight is 195 g/mol. The molecule has 0 unspecified atom stereocenters. The lowest BCUT2D eigenvalue weighted by Gasteiger charge is -2.11. The van der Waals surface area contributed by atoms with Gasteiger partial charge in [-0.2, -0.15) is 0 Å². The molecule has 2 rings (SSSR count). The lowest BCUT2D eigenvalue weighted by atomic mass is 10.2. The number of aryl methyl sites for hydroxylation is 2. The van der Waals surface area contributed by atoms with Gasteiger partial charge in [-0.1, -0.05) is 0 Å². The van der Waals surface area contributed by atoms with E-state index in [1.165, 1.54) is 12.8 Å². The van der Waals surface area contributed by atoms with Crippen LogP contribution in [0.4, 0.5) is 0 Å². The first kappa shape index (κ1) is 9.18. The fraction of sp³-hybridized carbons (Fsp3) is 0.667. The average Bonchev–Trinajstić information content (AvgIpc) is 2.57. The number of hydrogen-bond donors (Lipinski definition) is 0. The second-order valence-electron chi connectivity index (χ2n) is 3.61. The molecule has 0 atom stereocenters. The van der Waals surface area contributed by atoms with E-state index in [0.29, 0.717) is 6.42 Å². The molecule has 0 saturated heterocycles. The molecule has 14 heavy (non-hydrogen) atoms. The fourth-order valence-corrected chi connectivity index (χ4v) is 1.80. The second kappa shape index (κ2) is 3.77. The van der Waals surface area contributed by atoms with Gasteiger partial charge in [0.1, 0.15) is 5.82 Å². The minimum absolute atomic E-state index is 0.0174. The Morgan fingerprint density at radius 3 is 3.14 bits per heavy atom. The van der Waals surface area contributed by atoms with Gasteiger partial charge < -0.3 is 4.57 Å². The summed E-state index contributed by atoms with van der Waals surface area (Å²) in [4.78, 5) is 14.3. The topological polar surface area (TPSA) is 61.0 Å². The zero-order valence-electron chi connectivity index (χ0n) is 7.98. The first-order chi connectivity index (χ1) is 6.75. The molecule has 2 heterocycles. The Bertz CT molecular complexity index is 322. The monoisotopic (exact) mass is 195 g/mol. The SMILES string of the molecule is O=[N+]([O-])CCc1cn2c(n1)CCCC2. The predicted octanol–water partition coefficient (Wildman–Crippen LogP) is 1.04. The van der Waals surface area contributed by atoms with Crippen LogP contribution in [0.15, 0.2) is 6.20 Å². The van der Waals surface area contributed by atoms with E-state index >= 15 is 0 Å². The Hall–Kier alpha value is -1.39. The highest BCUT2D eigenvalue weighted by atomic mass is 16.6. The van der Waals surface area contributed by atoms with E-state index in [0.717, 1.165) is 24.5 Å². The molecule has 1 aliphatic rings. The summed E-state index contributed by atoms with van der Waals surface area (Å²) >= 11 is 0. The van der Waals surface area contributed by atoms with E-state index < -0.39 is 0 Å². The van der Waals surface area contributed by atoms with Crippen LogP contribution >= 0.6 is 0 Å². The van der Waals surface area contributed by atoms with Crippen molar-refractivity contribution in [1.29, 1.82) is 0 Å². The molecule has 0 aromatic carbocycles. The summed E-state index contributed by atoms with van der Waals surface area (Å²) in [7, 11) is 0. The molecule has 0 bridgehead atoms. The number of aromatic nitrogens is 2. The summed E-state index contributed by atoms with van der Waals surface area (Å²) in [6.07, 6.45) is 5.80. The second-order valence-corrected chi connectivity index (χ2v) is 3.61. The van der Waals surface area contributed by atoms with Crippen molar-refractivity contribution < 1.29 is 4.92 Å². The van der Waals surface area contributed by atoms with Crippen molar-refractivity contribution in [3.05, 3.63) is 27.8 Å². The van der Waals surface area contributed by atoms with Crippen LogP contribution < -0.4 is 0 Å². The maximum Gasteiger partial charge on any atom is 0.209 e. The summed E-state index contributed by atoms with van der Waals surface area (Å²) in [5.41, 5.74) is 0.860. The van der Waals surface area contributed by atoms with Gasteiger partial charge in [0.25, 0.3) is 0 Å². The molecule has 0 fully saturated rings. The quantitative estimate of drug-likeness (QED) is 0.534. The van der Waals surface area contributed by atoms with Crippen LogP contribution in [0.2, 0.25) is 0 Å². The van der Waals surface area contributed by atoms with Gasteiger partial charge in [-0.3, -0.25) is 10.1 Å². The zero-order chi connectivity index (χ0) is 9.97. The summed E-state index contributed by atoms with van der Waals surface area (Å²) < 4.78 is 2.12. The third-order valence-corrected chi connectivity index (χ3v) is 2.51. The first-order valence-electron chi connectivity index (χ1n) is 4.92. The van der Waals surface area contributed by atoms with Crippen molar-refractivity contribution in [2.75, 3.05) is 6.54 Å². The summed E-state index contributed by atoms with van der Waals surface area (Å²) in [6, 6.07) is 0. The lowest BCUT2D eigenvalue weighted by Crippen LogP contribution is -2.08. The highest BCUT2D eigenvalue weighted by Crippen LogP contribution is 2.14. The standard InChI is InChI=1S/C9H13N3O2/c13-12(14)6-4-8-7-11-5-2-1-3-9(11)10-8/h7H,1-6H2. The summed E-state index contributed by atoms with van der Waals surface area (Å²) in [5.74, 6) is 1.09. The summed E-state index contributed by atoms with van der Waals surface area (Å²) in [5, 5.41) is 10.2. The molecule has 0 radical (unpaired) electrons. The Morgan fingerprint density at radius 2 is 2.43 bits per heavy atom. The van der Waals surface area contributed by atoms with E-state index in [9.17, 15) is 10.1 Å². The Morgan fingerprint density at radius 1 is 1.57 bits per heavy atom. The van der Waals surface area contributed by atoms with Crippen LogP contribution in [0.1, 0.15) is 24.4 Å². The van der Waals surface area contributed by atoms with E-state index in [4.69, 9.17) is 0 Å². The lowest BCUT2D eigenvalue weighted by molar-refractivity contribution is -0.479. The number of hydrogen-bond acceptors (Lipinski definition) is 3. The van der Waals surface area contributed by atoms with Gasteiger partial charge in [0.15, 0.2) is 0 Å². The maximum atomic E-state index is 10.2. The van der Waals surface area contributed by atoms with Crippen LogP contribution in [-0.4, -0.2) is 21.0 Å². The van der Waals surface area contributed by atoms with Crippen LogP contribution in [0.25, 0.3) is 0 Å². The predicted molar refractivity (Wildman–Crippen MR) is 50.7 cm³/mol. The van der Waals surface area contributed by atoms with E-state index in [2.05, 4.69) is 9.55 Å². The van der Waals surface area contributed by atoms with Gasteiger partial charge in [-0.15, -0.1) is 0 Å². The van der Waals surface area contributed by atoms with Crippen molar-refractivity contribution >= 4 is 0 Å². The highest BCUT2D eigenvalue weighted by Gasteiger charge is 2.12. The van der Waals surface area contributed by atoms with E-state index in [1.54, 1.807) is 0 Å². The number of nitro groups is 1. The molecular weight excluding hydrogens is 182 g/mol. The van der Waals surface area contributed by atoms with Gasteiger partial charge in [0.05, 0.1) is 12.1 Å². The minimum Gasteiger partial charge on any atom is -0.335 e. The van der Waals surface area contributed by atoms with E-state index in [-0.39, 0.29) is 11.5 Å². The van der Waals surface area contributed by atoms with Crippen LogP contribution in [-0.2, 0) is 19.4 Å². The first-order valence-corrected chi connectivity index (χ1v) is 4.92. The number of imidazole rings is 1. The zero-order valence-corrected chi connectivity index (χ0v) is 7.98. The highest BCUT2D eigenvalue weighted by molar-refractivity contribution is 5.06. The molecule has 0 spiro atoms. The van der Waals surface area contributed by atoms with Gasteiger partial charge in [0.2, 0.25) is 6.54 Å². The molecule has 5 nitrogen and oxygen atoms in total. The number of fused-ring (bicyclic) bond motifs is 1. The maximum absolute atomic E-state index is 10.2. The molecule has 0 N–H and O–H groups in total. The van der Waals surface area contributed by atoms with Gasteiger partial charge in [0, 0.05) is 24.1 Å². The summed E-state index contributed by atoms with van der Waals surface area (Å²) in [6.45, 7) is 0.997. The Kier molecular flexibility index (Phi) is 2.47. The third kappa shape index (κ3) is 1.92. The van der Waals surface area contributed by atoms with Crippen LogP contribution in [0.3, 0.4) is 0 Å². The smallest absolute Gasteiger partial charge is 0.209 e. The number of nitrogens with zero attached hydrogens (tertiary/aromatic N) is 3. The molecule has 76 valence electrons. The molecule has 0 aliphatic carbocycles. The number of rotatable bonds is 3. The minimum atomic E-state index is -0.293. The van der Waals surface area contributed by atoms with Crippen molar-refractivity contribution in [2.45, 2.75) is 32.2 Å². The largest absolute Gasteiger partial charge is 0.335 e. The van der Waals surface area contributed by atoms with Gasteiger partial charge in [-0.05, 0) is 12.8 Å². The van der Waals surface area contributed by atoms with Gasteiger partial charge in [-0.25, -0.2) is 4.98 Å². The van der Waals surface area contributed by atoms with Crippen LogP contribution in [0.5, 0.6) is 0 Å². The molecule has 1 aliphatic heterocycles. The normalized spacial score (nSPS) is 15.1.